The maximum atomic E-state index is 13.1. The van der Waals surface area contributed by atoms with Crippen LogP contribution < -0.4 is 4.74 Å². The summed E-state index contributed by atoms with van der Waals surface area (Å²) < 4.78 is 10.4. The predicted octanol–water partition coefficient (Wildman–Crippen LogP) is 4.87. The van der Waals surface area contributed by atoms with Gasteiger partial charge in [0.15, 0.2) is 5.78 Å². The van der Waals surface area contributed by atoms with Crippen molar-refractivity contribution in [2.24, 2.45) is 5.92 Å². The molecule has 0 fully saturated rings. The van der Waals surface area contributed by atoms with Crippen molar-refractivity contribution in [3.63, 3.8) is 0 Å². The van der Waals surface area contributed by atoms with Gasteiger partial charge in [0.05, 0.1) is 13.7 Å². The molecule has 5 heteroatoms. The Hall–Kier alpha value is -3.60. The second kappa shape index (κ2) is 8.64. The smallest absolute Gasteiger partial charge is 0.317 e. The van der Waals surface area contributed by atoms with Crippen LogP contribution in [0.4, 0.5) is 0 Å². The number of allylic oxidation sites excluding steroid dienone is 2. The zero-order chi connectivity index (χ0) is 22.0. The average molecular weight is 416 g/mol. The number of phenols is 1. The van der Waals surface area contributed by atoms with E-state index in [0.717, 1.165) is 16.3 Å². The molecule has 158 valence electrons. The van der Waals surface area contributed by atoms with Crippen LogP contribution >= 0.6 is 0 Å². The average Bonchev–Trinajstić information content (AvgIpc) is 2.78. The Morgan fingerprint density at radius 3 is 2.55 bits per heavy atom. The van der Waals surface area contributed by atoms with E-state index in [2.05, 4.69) is 0 Å². The molecule has 1 aliphatic rings. The Bertz CT molecular complexity index is 1180. The molecule has 0 radical (unpaired) electrons. The number of benzene rings is 3. The largest absolute Gasteiger partial charge is 0.507 e. The summed E-state index contributed by atoms with van der Waals surface area (Å²) in [4.78, 5) is 25.8. The summed E-state index contributed by atoms with van der Waals surface area (Å²) >= 11 is 0. The van der Waals surface area contributed by atoms with Gasteiger partial charge in [-0.15, -0.1) is 0 Å². The highest BCUT2D eigenvalue weighted by atomic mass is 16.5. The third-order valence-electron chi connectivity index (χ3n) is 5.76. The van der Waals surface area contributed by atoms with E-state index in [1.165, 1.54) is 19.3 Å². The van der Waals surface area contributed by atoms with Crippen molar-refractivity contribution in [3.05, 3.63) is 77.9 Å². The first-order chi connectivity index (χ1) is 15.0. The first-order valence-electron chi connectivity index (χ1n) is 10.3. The van der Waals surface area contributed by atoms with Gasteiger partial charge in [0.2, 0.25) is 0 Å². The molecule has 2 atom stereocenters. The summed E-state index contributed by atoms with van der Waals surface area (Å²) in [6.07, 6.45) is 1.88. The second-order valence-electron chi connectivity index (χ2n) is 7.60. The molecule has 31 heavy (non-hydrogen) atoms. The molecule has 0 amide bonds. The zero-order valence-electron chi connectivity index (χ0n) is 17.5. The number of rotatable bonds is 5. The van der Waals surface area contributed by atoms with Crippen LogP contribution in [0.2, 0.25) is 0 Å². The minimum atomic E-state index is -0.912. The lowest BCUT2D eigenvalue weighted by molar-refractivity contribution is -0.151. The van der Waals surface area contributed by atoms with Crippen molar-refractivity contribution >= 4 is 28.1 Å². The monoisotopic (exact) mass is 416 g/mol. The van der Waals surface area contributed by atoms with Crippen LogP contribution in [-0.4, -0.2) is 30.6 Å². The van der Waals surface area contributed by atoms with Gasteiger partial charge in [-0.05, 0) is 53.5 Å². The molecule has 2 unspecified atom stereocenters. The van der Waals surface area contributed by atoms with Gasteiger partial charge in [-0.1, -0.05) is 42.5 Å². The topological polar surface area (TPSA) is 72.8 Å². The number of ether oxygens (including phenoxy) is 2. The summed E-state index contributed by atoms with van der Waals surface area (Å²) in [6.45, 7) is 1.94. The summed E-state index contributed by atoms with van der Waals surface area (Å²) in [5.41, 5.74) is 2.13. The molecule has 4 rings (SSSR count). The van der Waals surface area contributed by atoms with Crippen molar-refractivity contribution in [2.45, 2.75) is 19.3 Å². The van der Waals surface area contributed by atoms with E-state index in [1.807, 2.05) is 42.5 Å². The van der Waals surface area contributed by atoms with Gasteiger partial charge in [-0.25, -0.2) is 0 Å². The molecule has 0 saturated carbocycles. The molecule has 0 saturated heterocycles. The fraction of sp³-hybridized carbons (Fsp3) is 0.231. The van der Waals surface area contributed by atoms with Crippen LogP contribution in [-0.2, 0) is 14.3 Å². The highest BCUT2D eigenvalue weighted by Gasteiger charge is 2.40. The van der Waals surface area contributed by atoms with Crippen LogP contribution in [0, 0.1) is 5.92 Å². The zero-order valence-corrected chi connectivity index (χ0v) is 17.5. The third kappa shape index (κ3) is 4.04. The van der Waals surface area contributed by atoms with E-state index in [0.29, 0.717) is 23.3 Å². The number of fused-ring (bicyclic) bond motifs is 1. The summed E-state index contributed by atoms with van der Waals surface area (Å²) in [7, 11) is 1.53. The second-order valence-corrected chi connectivity index (χ2v) is 7.60. The number of methoxy groups -OCH3 is 1. The van der Waals surface area contributed by atoms with Crippen molar-refractivity contribution in [2.75, 3.05) is 13.7 Å². The lowest BCUT2D eigenvalue weighted by atomic mass is 9.73. The van der Waals surface area contributed by atoms with E-state index in [4.69, 9.17) is 9.47 Å². The van der Waals surface area contributed by atoms with E-state index in [-0.39, 0.29) is 18.1 Å². The van der Waals surface area contributed by atoms with E-state index in [1.54, 1.807) is 19.1 Å². The van der Waals surface area contributed by atoms with E-state index in [9.17, 15) is 14.7 Å². The molecule has 0 aromatic heterocycles. The van der Waals surface area contributed by atoms with Gasteiger partial charge in [-0.3, -0.25) is 9.59 Å². The first kappa shape index (κ1) is 20.7. The fourth-order valence-electron chi connectivity index (χ4n) is 4.23. The number of carbonyl (C=O) groups excluding carboxylic acids is 2. The van der Waals surface area contributed by atoms with Crippen LogP contribution in [0.25, 0.3) is 16.3 Å². The maximum Gasteiger partial charge on any atom is 0.317 e. The number of hydrogen-bond acceptors (Lipinski definition) is 5. The van der Waals surface area contributed by atoms with Crippen molar-refractivity contribution in [3.8, 4) is 11.5 Å². The van der Waals surface area contributed by atoms with Crippen molar-refractivity contribution < 1.29 is 24.2 Å². The Labute approximate surface area is 180 Å². The van der Waals surface area contributed by atoms with E-state index >= 15 is 0 Å². The predicted molar refractivity (Wildman–Crippen MR) is 119 cm³/mol. The molecule has 0 bridgehead atoms. The minimum Gasteiger partial charge on any atom is -0.507 e. The highest BCUT2D eigenvalue weighted by molar-refractivity contribution is 6.11. The van der Waals surface area contributed by atoms with E-state index < -0.39 is 17.8 Å². The molecule has 0 heterocycles. The standard InChI is InChI=1S/C26H24O5/c1-3-31-26(29)25-22(18-9-8-16-6-4-5-7-17(16)12-18)13-19(14-24(25)28)21-11-10-20(30-2)15-23(21)27/h4-12,14-15,22,25,27H,3,13H2,1-2H3. The molecule has 3 aromatic rings. The lowest BCUT2D eigenvalue weighted by Crippen LogP contribution is -2.34. The highest BCUT2D eigenvalue weighted by Crippen LogP contribution is 2.43. The van der Waals surface area contributed by atoms with Gasteiger partial charge in [-0.2, -0.15) is 0 Å². The summed E-state index contributed by atoms with van der Waals surface area (Å²) in [6, 6.07) is 18.9. The first-order valence-corrected chi connectivity index (χ1v) is 10.3. The Morgan fingerprint density at radius 2 is 1.84 bits per heavy atom. The minimum absolute atomic E-state index is 0.0326. The molecule has 3 aromatic carbocycles. The number of esters is 1. The number of aromatic hydroxyl groups is 1. The number of ketones is 1. The number of phenolic OH excluding ortho intramolecular Hbond substituents is 1. The number of hydrogen-bond donors (Lipinski definition) is 1. The SMILES string of the molecule is CCOC(=O)C1C(=O)C=C(c2ccc(OC)cc2O)CC1c1ccc2ccccc2c1. The maximum absolute atomic E-state index is 13.1. The van der Waals surface area contributed by atoms with Gasteiger partial charge in [0.25, 0.3) is 0 Å². The van der Waals surface area contributed by atoms with Gasteiger partial charge in [0, 0.05) is 17.5 Å². The quantitative estimate of drug-likeness (QED) is 0.474. The van der Waals surface area contributed by atoms with Crippen molar-refractivity contribution in [1.82, 2.24) is 0 Å². The fourth-order valence-corrected chi connectivity index (χ4v) is 4.23. The molecular formula is C26H24O5. The van der Waals surface area contributed by atoms with Crippen LogP contribution in [0.15, 0.2) is 66.7 Å². The summed E-state index contributed by atoms with van der Waals surface area (Å²) in [5, 5.41) is 12.6. The molecule has 0 spiro atoms. The van der Waals surface area contributed by atoms with Gasteiger partial charge in [0.1, 0.15) is 17.4 Å². The normalized spacial score (nSPS) is 18.5. The molecular weight excluding hydrogens is 392 g/mol. The van der Waals surface area contributed by atoms with Crippen LogP contribution in [0.1, 0.15) is 30.4 Å². The number of carbonyl (C=O) groups is 2. The molecule has 5 nitrogen and oxygen atoms in total. The van der Waals surface area contributed by atoms with Crippen LogP contribution in [0.5, 0.6) is 11.5 Å². The molecule has 1 aliphatic carbocycles. The Kier molecular flexibility index (Phi) is 5.76. The summed E-state index contributed by atoms with van der Waals surface area (Å²) in [5.74, 6) is -1.57. The Morgan fingerprint density at radius 1 is 1.06 bits per heavy atom. The lowest BCUT2D eigenvalue weighted by Gasteiger charge is -2.30. The van der Waals surface area contributed by atoms with Gasteiger partial charge >= 0.3 is 5.97 Å². The van der Waals surface area contributed by atoms with Crippen molar-refractivity contribution in [1.29, 1.82) is 0 Å². The molecule has 0 aliphatic heterocycles. The van der Waals surface area contributed by atoms with Crippen LogP contribution in [0.3, 0.4) is 0 Å². The Balaban J connectivity index is 1.79. The van der Waals surface area contributed by atoms with Gasteiger partial charge < -0.3 is 14.6 Å². The molecule has 1 N–H and O–H groups in total. The third-order valence-corrected chi connectivity index (χ3v) is 5.76.